The zero-order valence-corrected chi connectivity index (χ0v) is 2.75. The topological polar surface area (TPSA) is 40.1 Å². The van der Waals surface area contributed by atoms with Gasteiger partial charge in [0.1, 0.15) is 0 Å². The van der Waals surface area contributed by atoms with Crippen LogP contribution in [0.4, 0.5) is 0 Å². The van der Waals surface area contributed by atoms with Crippen LogP contribution < -0.4 is 0 Å². The molecule has 0 aromatic carbocycles. The molecule has 0 rings (SSSR count). The Kier molecular flexibility index (Phi) is 1.47. The Morgan fingerprint density at radius 1 is 2.00 bits per heavy atom. The minimum absolute atomic E-state index is 2.11. The standard InChI is InChI=1S/CH3O2S/c1-4(2)3/h1H2,(H,2,3)/q-1/p-1. The van der Waals surface area contributed by atoms with Crippen LogP contribution in [0.5, 0.6) is 0 Å². The van der Waals surface area contributed by atoms with Crippen LogP contribution in [-0.2, 0) is 11.1 Å². The first-order valence-electron chi connectivity index (χ1n) is 0.622. The van der Waals surface area contributed by atoms with Gasteiger partial charge in [0, 0.05) is 0 Å². The van der Waals surface area contributed by atoms with E-state index in [-0.39, 0.29) is 0 Å². The summed E-state index contributed by atoms with van der Waals surface area (Å²) in [7, 11) is 0. The number of hydrogen-bond acceptors (Lipinski definition) is 2. The van der Waals surface area contributed by atoms with Crippen molar-refractivity contribution in [2.75, 3.05) is 0 Å². The van der Waals surface area contributed by atoms with Gasteiger partial charge in [-0.25, -0.2) is 11.1 Å². The van der Waals surface area contributed by atoms with Gasteiger partial charge in [0.05, 0.1) is 0 Å². The van der Waals surface area contributed by atoms with Crippen LogP contribution in [0.25, 0.3) is 0 Å². The molecule has 4 heavy (non-hydrogen) atoms. The highest BCUT2D eigenvalue weighted by Crippen LogP contribution is 1.51. The maximum atomic E-state index is 8.89. The van der Waals surface area contributed by atoms with Crippen molar-refractivity contribution >= 4 is 11.1 Å². The minimum atomic E-state index is -2.11. The van der Waals surface area contributed by atoms with E-state index in [1.165, 1.54) is 0 Å². The monoisotopic (exact) mass is 78.0 g/mol. The van der Waals surface area contributed by atoms with Gasteiger partial charge < -0.3 is 8.76 Å². The summed E-state index contributed by atoms with van der Waals surface area (Å²) in [5.41, 5.74) is 0. The lowest BCUT2D eigenvalue weighted by molar-refractivity contribution is 0.546. The van der Waals surface area contributed by atoms with Crippen LogP contribution in [0, 0.1) is 6.26 Å². The Labute approximate surface area is 27.1 Å². The largest absolute Gasteiger partial charge is 0.799 e. The molecule has 0 heterocycles. The van der Waals surface area contributed by atoms with Crippen LogP contribution >= 0.6 is 0 Å². The number of rotatable bonds is 0. The van der Waals surface area contributed by atoms with Gasteiger partial charge in [-0.3, -0.25) is 6.26 Å². The third-order valence-corrected chi connectivity index (χ3v) is 0. The summed E-state index contributed by atoms with van der Waals surface area (Å²) in [5, 5.41) is 0. The highest BCUT2D eigenvalue weighted by molar-refractivity contribution is 7.80. The molecule has 0 aliphatic carbocycles. The summed E-state index contributed by atoms with van der Waals surface area (Å²) in [6.45, 7) is 0. The van der Waals surface area contributed by atoms with Crippen molar-refractivity contribution < 1.29 is 8.76 Å². The fraction of sp³-hybridized carbons (Fsp3) is 0. The minimum Gasteiger partial charge on any atom is -0.799 e. The third kappa shape index (κ3) is 215. The molecule has 0 bridgehead atoms. The molecule has 0 saturated carbocycles. The maximum Gasteiger partial charge on any atom is -0.226 e. The normalized spacial score (nSPS) is 15.5. The van der Waals surface area contributed by atoms with Gasteiger partial charge in [0.25, 0.3) is 0 Å². The Bertz CT molecular complexity index is 29.0. The smallest absolute Gasteiger partial charge is 0.226 e. The molecular weight excluding hydrogens is 76.1 g/mol. The van der Waals surface area contributed by atoms with Crippen LogP contribution in [0.2, 0.25) is 0 Å². The Morgan fingerprint density at radius 3 is 2.00 bits per heavy atom. The van der Waals surface area contributed by atoms with Crippen molar-refractivity contribution in [1.29, 1.82) is 0 Å². The van der Waals surface area contributed by atoms with Crippen LogP contribution in [-0.4, -0.2) is 8.76 Å². The Morgan fingerprint density at radius 2 is 2.00 bits per heavy atom. The van der Waals surface area contributed by atoms with Crippen molar-refractivity contribution in [3.05, 3.63) is 6.26 Å². The average Bonchev–Trinajstić information content (AvgIpc) is 0.811. The molecule has 3 heteroatoms. The van der Waals surface area contributed by atoms with Crippen LogP contribution in [0.15, 0.2) is 0 Å². The zero-order chi connectivity index (χ0) is 3.58. The van der Waals surface area contributed by atoms with Gasteiger partial charge in [-0.2, -0.15) is 0 Å². The molecule has 0 aromatic rings. The van der Waals surface area contributed by atoms with Gasteiger partial charge in [-0.05, 0) is 0 Å². The van der Waals surface area contributed by atoms with E-state index >= 15 is 0 Å². The molecule has 0 radical (unpaired) electrons. The molecule has 0 aliphatic rings. The molecular formula is CH2O2S-2. The highest BCUT2D eigenvalue weighted by Gasteiger charge is 1.25. The van der Waals surface area contributed by atoms with Crippen LogP contribution in [0.3, 0.4) is 0 Å². The average molecular weight is 78.1 g/mol. The SMILES string of the molecule is [CH2-]S(=O)[O-]. The summed E-state index contributed by atoms with van der Waals surface area (Å²) in [6.07, 6.45) is 2.56. The van der Waals surface area contributed by atoms with E-state index in [1.807, 2.05) is 0 Å². The van der Waals surface area contributed by atoms with E-state index in [0.717, 1.165) is 0 Å². The van der Waals surface area contributed by atoms with E-state index in [0.29, 0.717) is 0 Å². The molecule has 0 aliphatic heterocycles. The Balaban J connectivity index is 2.80. The first-order chi connectivity index (χ1) is 1.73. The second-order valence-corrected chi connectivity index (χ2v) is 0.911. The first-order valence-corrected chi connectivity index (χ1v) is 1.87. The summed E-state index contributed by atoms with van der Waals surface area (Å²) in [5.74, 6) is 0. The molecule has 2 nitrogen and oxygen atoms in total. The molecule has 26 valence electrons. The maximum absolute atomic E-state index is 8.89. The second kappa shape index (κ2) is 1.43. The highest BCUT2D eigenvalue weighted by atomic mass is 32.2. The van der Waals surface area contributed by atoms with Gasteiger partial charge >= 0.3 is 0 Å². The first kappa shape index (κ1) is 4.11. The molecule has 1 atom stereocenters. The van der Waals surface area contributed by atoms with Crippen molar-refractivity contribution in [1.82, 2.24) is 0 Å². The van der Waals surface area contributed by atoms with E-state index in [9.17, 15) is 0 Å². The third-order valence-electron chi connectivity index (χ3n) is 0. The molecule has 0 aromatic heterocycles. The second-order valence-electron chi connectivity index (χ2n) is 0.304. The lowest BCUT2D eigenvalue weighted by Crippen LogP contribution is -1.68. The van der Waals surface area contributed by atoms with Crippen molar-refractivity contribution in [2.24, 2.45) is 0 Å². The summed E-state index contributed by atoms with van der Waals surface area (Å²) in [6, 6.07) is 0. The van der Waals surface area contributed by atoms with E-state index in [1.54, 1.807) is 0 Å². The van der Waals surface area contributed by atoms with E-state index in [2.05, 4.69) is 6.26 Å². The molecule has 0 N–H and O–H groups in total. The molecule has 0 saturated heterocycles. The fourth-order valence-electron chi connectivity index (χ4n) is 0. The van der Waals surface area contributed by atoms with Gasteiger partial charge in [0.2, 0.25) is 0 Å². The van der Waals surface area contributed by atoms with Gasteiger partial charge in [-0.1, -0.05) is 0 Å². The van der Waals surface area contributed by atoms with Crippen molar-refractivity contribution in [2.45, 2.75) is 0 Å². The zero-order valence-electron chi connectivity index (χ0n) is 1.93. The molecule has 0 amide bonds. The van der Waals surface area contributed by atoms with E-state index < -0.39 is 11.1 Å². The number of hydrogen-bond donors (Lipinski definition) is 0. The van der Waals surface area contributed by atoms with Crippen molar-refractivity contribution in [3.8, 4) is 0 Å². The fourth-order valence-corrected chi connectivity index (χ4v) is 0. The Hall–Kier alpha value is 0.110. The summed E-state index contributed by atoms with van der Waals surface area (Å²) >= 11 is -2.11. The van der Waals surface area contributed by atoms with Gasteiger partial charge in [0.15, 0.2) is 0 Å². The van der Waals surface area contributed by atoms with E-state index in [4.69, 9.17) is 8.76 Å². The lowest BCUT2D eigenvalue weighted by Gasteiger charge is -1.97. The summed E-state index contributed by atoms with van der Waals surface area (Å²) < 4.78 is 17.8. The summed E-state index contributed by atoms with van der Waals surface area (Å²) in [4.78, 5) is 0. The molecule has 0 fully saturated rings. The van der Waals surface area contributed by atoms with Crippen molar-refractivity contribution in [3.63, 3.8) is 0 Å². The predicted molar refractivity (Wildman–Crippen MR) is 14.3 cm³/mol. The van der Waals surface area contributed by atoms with Crippen LogP contribution in [0.1, 0.15) is 0 Å². The lowest BCUT2D eigenvalue weighted by atomic mass is 12.0. The molecule has 0 spiro atoms. The molecule has 1 unspecified atom stereocenters. The quantitative estimate of drug-likeness (QED) is 0.293. The van der Waals surface area contributed by atoms with Gasteiger partial charge in [-0.15, -0.1) is 0 Å². The predicted octanol–water partition coefficient (Wildman–Crippen LogP) is -0.343.